The van der Waals surface area contributed by atoms with Gasteiger partial charge in [-0.25, -0.2) is 9.97 Å². The monoisotopic (exact) mass is 457 g/mol. The number of aliphatic imine (C=N–C) groups is 1. The number of hydrogen-bond donors (Lipinski definition) is 0. The van der Waals surface area contributed by atoms with Gasteiger partial charge in [0, 0.05) is 21.6 Å². The molecule has 0 saturated heterocycles. The topological polar surface area (TPSA) is 38.1 Å². The van der Waals surface area contributed by atoms with Crippen molar-refractivity contribution in [2.45, 2.75) is 76.0 Å². The third-order valence-electron chi connectivity index (χ3n) is 6.78. The Kier molecular flexibility index (Phi) is 7.97. The second-order valence-corrected chi connectivity index (χ2v) is 9.79. The molecule has 2 heterocycles. The summed E-state index contributed by atoms with van der Waals surface area (Å²) in [5.74, 6) is 1.59. The first-order valence-corrected chi connectivity index (χ1v) is 13.3. The summed E-state index contributed by atoms with van der Waals surface area (Å²) in [6.07, 6.45) is 10.9. The van der Waals surface area contributed by atoms with E-state index in [2.05, 4.69) is 49.4 Å². The fourth-order valence-electron chi connectivity index (χ4n) is 5.13. The number of fused-ring (bicyclic) bond motifs is 2. The Bertz CT molecular complexity index is 1120. The van der Waals surface area contributed by atoms with Crippen LogP contribution >= 0.6 is 11.8 Å². The molecule has 3 aromatic rings. The van der Waals surface area contributed by atoms with E-state index in [9.17, 15) is 0 Å². The normalized spacial score (nSPS) is 19.0. The van der Waals surface area contributed by atoms with Crippen molar-refractivity contribution in [2.75, 3.05) is 0 Å². The second-order valence-electron chi connectivity index (χ2n) is 8.74. The van der Waals surface area contributed by atoms with Crippen LogP contribution in [-0.4, -0.2) is 16.2 Å². The molecule has 1 saturated carbocycles. The Labute approximate surface area is 203 Å². The van der Waals surface area contributed by atoms with E-state index in [0.29, 0.717) is 5.92 Å². The van der Waals surface area contributed by atoms with Crippen molar-refractivity contribution in [1.82, 2.24) is 9.97 Å². The van der Waals surface area contributed by atoms with Gasteiger partial charge >= 0.3 is 0 Å². The van der Waals surface area contributed by atoms with E-state index >= 15 is 0 Å². The maximum atomic E-state index is 4.80. The molecule has 2 aromatic carbocycles. The summed E-state index contributed by atoms with van der Waals surface area (Å²) in [5.41, 5.74) is 6.98. The number of aromatic nitrogens is 2. The van der Waals surface area contributed by atoms with Crippen molar-refractivity contribution in [1.29, 1.82) is 0 Å². The van der Waals surface area contributed by atoms with Gasteiger partial charge in [-0.3, -0.25) is 4.99 Å². The van der Waals surface area contributed by atoms with Crippen molar-refractivity contribution in [3.05, 3.63) is 65.6 Å². The van der Waals surface area contributed by atoms with Crippen molar-refractivity contribution in [2.24, 2.45) is 16.8 Å². The molecule has 5 rings (SSSR count). The summed E-state index contributed by atoms with van der Waals surface area (Å²) in [7, 11) is 0. The summed E-state index contributed by atoms with van der Waals surface area (Å²) < 4.78 is 0. The maximum Gasteiger partial charge on any atom is 0.116 e. The molecule has 0 amide bonds. The highest BCUT2D eigenvalue weighted by Gasteiger charge is 2.27. The fourth-order valence-corrected chi connectivity index (χ4v) is 6.31. The van der Waals surface area contributed by atoms with E-state index in [4.69, 9.17) is 15.0 Å². The van der Waals surface area contributed by atoms with Crippen molar-refractivity contribution in [3.63, 3.8) is 0 Å². The molecule has 2 unspecified atom stereocenters. The molecule has 1 aliphatic heterocycles. The van der Waals surface area contributed by atoms with Gasteiger partial charge in [0.2, 0.25) is 0 Å². The molecule has 1 aromatic heterocycles. The number of nitrogens with zero attached hydrogens (tertiary/aromatic N) is 3. The van der Waals surface area contributed by atoms with E-state index in [1.807, 2.05) is 38.7 Å². The lowest BCUT2D eigenvalue weighted by Gasteiger charge is -2.22. The lowest BCUT2D eigenvalue weighted by atomic mass is 9.96. The molecule has 0 radical (unpaired) electrons. The quantitative estimate of drug-likeness (QED) is 0.283. The maximum absolute atomic E-state index is 4.80. The van der Waals surface area contributed by atoms with Crippen LogP contribution < -0.4 is 0 Å². The number of hydrogen-bond acceptors (Lipinski definition) is 4. The van der Waals surface area contributed by atoms with E-state index in [1.165, 1.54) is 52.2 Å². The molecule has 0 spiro atoms. The lowest BCUT2D eigenvalue weighted by molar-refractivity contribution is 0.476. The minimum absolute atomic E-state index is 0.712. The van der Waals surface area contributed by atoms with Gasteiger partial charge in [0.05, 0.1) is 5.69 Å². The average Bonchev–Trinajstić information content (AvgIpc) is 3.32. The first kappa shape index (κ1) is 23.7. The van der Waals surface area contributed by atoms with Crippen molar-refractivity contribution in [3.8, 4) is 11.3 Å². The van der Waals surface area contributed by atoms with Gasteiger partial charge in [-0.15, -0.1) is 0 Å². The third kappa shape index (κ3) is 5.06. The van der Waals surface area contributed by atoms with Gasteiger partial charge in [0.1, 0.15) is 17.7 Å². The van der Waals surface area contributed by atoms with Gasteiger partial charge in [0.15, 0.2) is 0 Å². The zero-order valence-corrected chi connectivity index (χ0v) is 21.2. The first-order chi connectivity index (χ1) is 16.3. The fraction of sp³-hybridized carbons (Fsp3) is 0.414. The Morgan fingerprint density at radius 2 is 1.79 bits per heavy atom. The van der Waals surface area contributed by atoms with Gasteiger partial charge in [-0.05, 0) is 61.6 Å². The highest BCUT2D eigenvalue weighted by atomic mass is 32.2. The summed E-state index contributed by atoms with van der Waals surface area (Å²) in [6, 6.07) is 15.3. The smallest absolute Gasteiger partial charge is 0.116 e. The molecule has 0 N–H and O–H groups in total. The number of rotatable bonds is 5. The van der Waals surface area contributed by atoms with Crippen LogP contribution in [0.15, 0.2) is 63.6 Å². The SMILES string of the molecule is CC.CC=Nc1c(CC2CCC(CC)C2)ncnc1-c1cccc2c1Sc1ccccc1C2. The predicted octanol–water partition coefficient (Wildman–Crippen LogP) is 8.32. The van der Waals surface area contributed by atoms with Crippen LogP contribution in [-0.2, 0) is 12.8 Å². The summed E-state index contributed by atoms with van der Waals surface area (Å²) in [5, 5.41) is 0. The Balaban J connectivity index is 0.00000126. The number of benzene rings is 2. The van der Waals surface area contributed by atoms with Crippen molar-refractivity contribution >= 4 is 23.7 Å². The second kappa shape index (κ2) is 11.1. The molecule has 172 valence electrons. The summed E-state index contributed by atoms with van der Waals surface area (Å²) >= 11 is 1.86. The lowest BCUT2D eigenvalue weighted by Crippen LogP contribution is -2.05. The molecule has 2 aliphatic rings. The molecule has 1 fully saturated rings. The van der Waals surface area contributed by atoms with Crippen LogP contribution in [0, 0.1) is 11.8 Å². The molecule has 33 heavy (non-hydrogen) atoms. The van der Waals surface area contributed by atoms with Crippen LogP contribution in [0.1, 0.15) is 70.2 Å². The highest BCUT2D eigenvalue weighted by molar-refractivity contribution is 7.99. The minimum atomic E-state index is 0.712. The third-order valence-corrected chi connectivity index (χ3v) is 8.09. The molecule has 1 aliphatic carbocycles. The van der Waals surface area contributed by atoms with Crippen molar-refractivity contribution < 1.29 is 0 Å². The average molecular weight is 458 g/mol. The standard InChI is InChI=1S/C27H29N3S.C2H6/c1-3-18-12-13-19(14-18)15-23-26(28-4-2)25(30-17-29-23)22-10-7-9-21-16-20-8-5-6-11-24(20)31-27(21)22;1-2/h4-11,17-19H,3,12-16H2,1-2H3;1-2H3. The Morgan fingerprint density at radius 1 is 1.00 bits per heavy atom. The highest BCUT2D eigenvalue weighted by Crippen LogP contribution is 2.46. The van der Waals surface area contributed by atoms with E-state index in [1.54, 1.807) is 6.33 Å². The molecule has 0 bridgehead atoms. The molecule has 3 nitrogen and oxygen atoms in total. The zero-order valence-electron chi connectivity index (χ0n) is 20.3. The zero-order chi connectivity index (χ0) is 23.2. The summed E-state index contributed by atoms with van der Waals surface area (Å²) in [6.45, 7) is 8.30. The molecule has 4 heteroatoms. The van der Waals surface area contributed by atoms with E-state index in [0.717, 1.165) is 35.8 Å². The largest absolute Gasteiger partial charge is 0.257 e. The van der Waals surface area contributed by atoms with Gasteiger partial charge in [0.25, 0.3) is 0 Å². The van der Waals surface area contributed by atoms with E-state index in [-0.39, 0.29) is 0 Å². The molecule has 2 atom stereocenters. The van der Waals surface area contributed by atoms with Crippen LogP contribution in [0.4, 0.5) is 5.69 Å². The molecular formula is C29H35N3S. The predicted molar refractivity (Wildman–Crippen MR) is 141 cm³/mol. The Hall–Kier alpha value is -2.46. The van der Waals surface area contributed by atoms with Crippen LogP contribution in [0.5, 0.6) is 0 Å². The first-order valence-electron chi connectivity index (χ1n) is 12.5. The minimum Gasteiger partial charge on any atom is -0.257 e. The Morgan fingerprint density at radius 3 is 2.58 bits per heavy atom. The van der Waals surface area contributed by atoms with Gasteiger partial charge < -0.3 is 0 Å². The van der Waals surface area contributed by atoms with Crippen LogP contribution in [0.2, 0.25) is 0 Å². The van der Waals surface area contributed by atoms with E-state index < -0.39 is 0 Å². The van der Waals surface area contributed by atoms with Crippen LogP contribution in [0.3, 0.4) is 0 Å². The molecular weight excluding hydrogens is 422 g/mol. The van der Waals surface area contributed by atoms with Gasteiger partial charge in [-0.2, -0.15) is 0 Å². The van der Waals surface area contributed by atoms with Crippen LogP contribution in [0.25, 0.3) is 11.3 Å². The summed E-state index contributed by atoms with van der Waals surface area (Å²) in [4.78, 5) is 16.9. The van der Waals surface area contributed by atoms with Gasteiger partial charge in [-0.1, -0.05) is 81.8 Å².